The van der Waals surface area contributed by atoms with Crippen LogP contribution in [0.3, 0.4) is 0 Å². The van der Waals surface area contributed by atoms with Crippen molar-refractivity contribution in [3.8, 4) is 22.3 Å². The van der Waals surface area contributed by atoms with E-state index in [4.69, 9.17) is 0 Å². The average molecular weight is 893 g/mol. The summed E-state index contributed by atoms with van der Waals surface area (Å²) in [6.07, 6.45) is 3.81. The molecule has 13 aromatic carbocycles. The summed E-state index contributed by atoms with van der Waals surface area (Å²) in [7, 11) is 0. The van der Waals surface area contributed by atoms with Crippen molar-refractivity contribution in [2.45, 2.75) is 13.8 Å². The molecule has 2 nitrogen and oxygen atoms in total. The molecule has 0 spiro atoms. The van der Waals surface area contributed by atoms with Crippen LogP contribution >= 0.6 is 0 Å². The van der Waals surface area contributed by atoms with Gasteiger partial charge in [0.15, 0.2) is 0 Å². The van der Waals surface area contributed by atoms with Gasteiger partial charge in [-0.3, -0.25) is 0 Å². The van der Waals surface area contributed by atoms with Crippen LogP contribution in [0.1, 0.15) is 22.3 Å². The number of fused-ring (bicyclic) bond motifs is 6. The fraction of sp³-hybridized carbons (Fsp3) is 0.0294. The second-order valence-electron chi connectivity index (χ2n) is 18.6. The quantitative estimate of drug-likeness (QED) is 0.135. The van der Waals surface area contributed by atoms with E-state index >= 15 is 0 Å². The minimum absolute atomic E-state index is 1.09. The molecular weight excluding hydrogens is 845 g/mol. The van der Waals surface area contributed by atoms with E-state index in [1.807, 2.05) is 12.2 Å². The Bertz CT molecular complexity index is 3790. The van der Waals surface area contributed by atoms with Crippen LogP contribution in [0, 0.1) is 13.8 Å². The fourth-order valence-corrected chi connectivity index (χ4v) is 11.4. The number of rotatable bonds is 10. The molecule has 0 radical (unpaired) electrons. The van der Waals surface area contributed by atoms with E-state index in [0.717, 1.165) is 45.3 Å². The van der Waals surface area contributed by atoms with E-state index in [1.54, 1.807) is 0 Å². The lowest BCUT2D eigenvalue weighted by Gasteiger charge is -2.27. The standard InChI is InChI=1S/C68H48N2/c1-5-45-27-35-51(36-28-45)69(49-31-23-43(3)24-32-49)59-41-39-57-63-53(59)19-13-21-55(63)65-61(47-15-9-7-10-16-47)68-58-40-42-60(70(50-33-25-44(4)26-34-50)52-37-29-46(6-2)30-38-52)54-20-14-22-56(64(54)58)66(68)62(67(57)65)48-17-11-8-12-18-48/h5-42H,1-2H2,3-4H3. The van der Waals surface area contributed by atoms with Crippen molar-refractivity contribution in [2.24, 2.45) is 0 Å². The lowest BCUT2D eigenvalue weighted by atomic mass is 9.87. The SMILES string of the molecule is C=Cc1ccc(N(c2ccc(C)cc2)c2ccc3c4c(-c5ccccc5)c5c6cccc7c(N(c8ccc(C)cc8)c8ccc(C=C)cc8)ccc(c5c(-c5ccccc5)c4c4cccc2c43)c76)cc1. The van der Waals surface area contributed by atoms with Crippen LogP contribution in [0.5, 0.6) is 0 Å². The molecule has 0 aliphatic heterocycles. The second kappa shape index (κ2) is 16.4. The highest BCUT2D eigenvalue weighted by atomic mass is 15.1. The Morgan fingerprint density at radius 2 is 0.600 bits per heavy atom. The molecule has 0 aliphatic rings. The summed E-state index contributed by atoms with van der Waals surface area (Å²) in [5.41, 5.74) is 16.3. The molecule has 0 aromatic heterocycles. The van der Waals surface area contributed by atoms with Gasteiger partial charge in [0.05, 0.1) is 11.4 Å². The van der Waals surface area contributed by atoms with Crippen LogP contribution in [0.4, 0.5) is 34.1 Å². The number of hydrogen-bond donors (Lipinski definition) is 0. The van der Waals surface area contributed by atoms with Crippen molar-refractivity contribution in [2.75, 3.05) is 9.80 Å². The summed E-state index contributed by atoms with van der Waals surface area (Å²) < 4.78 is 0. The Morgan fingerprint density at radius 3 is 0.943 bits per heavy atom. The first-order chi connectivity index (χ1) is 34.5. The summed E-state index contributed by atoms with van der Waals surface area (Å²) in [5, 5.41) is 15.1. The van der Waals surface area contributed by atoms with E-state index in [-0.39, 0.29) is 0 Å². The number of nitrogens with zero attached hydrogens (tertiary/aromatic N) is 2. The van der Waals surface area contributed by atoms with Gasteiger partial charge in [-0.15, -0.1) is 0 Å². The van der Waals surface area contributed by atoms with Gasteiger partial charge in [-0.2, -0.15) is 0 Å². The minimum Gasteiger partial charge on any atom is -0.310 e. The molecule has 0 heterocycles. The van der Waals surface area contributed by atoms with Gasteiger partial charge in [-0.1, -0.05) is 194 Å². The monoisotopic (exact) mass is 892 g/mol. The number of aryl methyl sites for hydroxylation is 2. The average Bonchev–Trinajstić information content (AvgIpc) is 3.93. The maximum atomic E-state index is 4.05. The van der Waals surface area contributed by atoms with Gasteiger partial charge in [0.1, 0.15) is 0 Å². The van der Waals surface area contributed by atoms with Gasteiger partial charge >= 0.3 is 0 Å². The first-order valence-electron chi connectivity index (χ1n) is 24.2. The van der Waals surface area contributed by atoms with Crippen molar-refractivity contribution in [3.63, 3.8) is 0 Å². The lowest BCUT2D eigenvalue weighted by Crippen LogP contribution is -2.10. The molecule has 0 N–H and O–H groups in total. The third-order valence-corrected chi connectivity index (χ3v) is 14.6. The van der Waals surface area contributed by atoms with Crippen LogP contribution in [-0.4, -0.2) is 0 Å². The molecular formula is C68H48N2. The molecule has 0 fully saturated rings. The zero-order chi connectivity index (χ0) is 47.0. The van der Waals surface area contributed by atoms with Crippen molar-refractivity contribution >= 4 is 111 Å². The summed E-state index contributed by atoms with van der Waals surface area (Å²) in [6.45, 7) is 12.4. The first-order valence-corrected chi connectivity index (χ1v) is 24.2. The number of anilines is 6. The van der Waals surface area contributed by atoms with Crippen molar-refractivity contribution in [1.82, 2.24) is 0 Å². The Hall–Kier alpha value is -8.98. The highest BCUT2D eigenvalue weighted by Gasteiger charge is 2.29. The van der Waals surface area contributed by atoms with E-state index < -0.39 is 0 Å². The highest BCUT2D eigenvalue weighted by molar-refractivity contribution is 6.47. The molecule has 0 amide bonds. The summed E-state index contributed by atoms with van der Waals surface area (Å²) in [5.74, 6) is 0. The van der Waals surface area contributed by atoms with Gasteiger partial charge in [-0.25, -0.2) is 0 Å². The molecule has 0 atom stereocenters. The summed E-state index contributed by atoms with van der Waals surface area (Å²) >= 11 is 0. The summed E-state index contributed by atoms with van der Waals surface area (Å²) in [4.78, 5) is 4.83. The van der Waals surface area contributed by atoms with Crippen molar-refractivity contribution in [1.29, 1.82) is 0 Å². The largest absolute Gasteiger partial charge is 0.310 e. The Kier molecular flexibility index (Phi) is 9.64. The van der Waals surface area contributed by atoms with Crippen LogP contribution in [0.25, 0.3) is 99.0 Å². The Labute approximate surface area is 408 Å². The van der Waals surface area contributed by atoms with E-state index in [2.05, 4.69) is 255 Å². The van der Waals surface area contributed by atoms with Crippen LogP contribution in [-0.2, 0) is 0 Å². The van der Waals surface area contributed by atoms with E-state index in [9.17, 15) is 0 Å². The van der Waals surface area contributed by atoms with Crippen LogP contribution in [0.15, 0.2) is 232 Å². The van der Waals surface area contributed by atoms with E-state index in [1.165, 1.54) is 98.0 Å². The van der Waals surface area contributed by atoms with Gasteiger partial charge < -0.3 is 9.80 Å². The first kappa shape index (κ1) is 41.2. The molecule has 70 heavy (non-hydrogen) atoms. The van der Waals surface area contributed by atoms with Gasteiger partial charge in [0, 0.05) is 33.5 Å². The molecule has 0 unspecified atom stereocenters. The van der Waals surface area contributed by atoms with Crippen molar-refractivity contribution < 1.29 is 0 Å². The van der Waals surface area contributed by atoms with Crippen molar-refractivity contribution in [3.05, 3.63) is 254 Å². The maximum Gasteiger partial charge on any atom is 0.0540 e. The lowest BCUT2D eigenvalue weighted by molar-refractivity contribution is 1.29. The molecule has 2 heteroatoms. The zero-order valence-corrected chi connectivity index (χ0v) is 39.2. The molecule has 330 valence electrons. The molecule has 0 bridgehead atoms. The Balaban J connectivity index is 1.18. The van der Waals surface area contributed by atoms with Crippen LogP contribution < -0.4 is 9.80 Å². The van der Waals surface area contributed by atoms with Crippen LogP contribution in [0.2, 0.25) is 0 Å². The van der Waals surface area contributed by atoms with Gasteiger partial charge in [0.2, 0.25) is 0 Å². The predicted molar refractivity (Wildman–Crippen MR) is 304 cm³/mol. The van der Waals surface area contributed by atoms with E-state index in [0.29, 0.717) is 0 Å². The minimum atomic E-state index is 1.09. The smallest absolute Gasteiger partial charge is 0.0540 e. The molecule has 0 saturated carbocycles. The zero-order valence-electron chi connectivity index (χ0n) is 39.2. The number of hydrogen-bond acceptors (Lipinski definition) is 2. The Morgan fingerprint density at radius 1 is 0.286 bits per heavy atom. The normalized spacial score (nSPS) is 11.7. The maximum absolute atomic E-state index is 4.05. The predicted octanol–water partition coefficient (Wildman–Crippen LogP) is 19.7. The third kappa shape index (κ3) is 6.34. The highest BCUT2D eigenvalue weighted by Crippen LogP contribution is 2.57. The molecule has 0 aliphatic carbocycles. The fourth-order valence-electron chi connectivity index (χ4n) is 11.4. The second-order valence-corrected chi connectivity index (χ2v) is 18.6. The van der Waals surface area contributed by atoms with Gasteiger partial charge in [0.25, 0.3) is 0 Å². The molecule has 0 saturated heterocycles. The third-order valence-electron chi connectivity index (χ3n) is 14.6. The molecule has 13 rings (SSSR count). The topological polar surface area (TPSA) is 6.48 Å². The molecule has 13 aromatic rings. The van der Waals surface area contributed by atoms with Gasteiger partial charge in [-0.05, 0) is 162 Å². The number of benzene rings is 11. The summed E-state index contributed by atoms with van der Waals surface area (Å²) in [6, 6.07) is 80.9.